The predicted octanol–water partition coefficient (Wildman–Crippen LogP) is 1.40. The molecule has 0 saturated heterocycles. The molecule has 0 heterocycles. The Kier molecular flexibility index (Phi) is 2.69. The Labute approximate surface area is 65.4 Å². The van der Waals surface area contributed by atoms with E-state index in [2.05, 4.69) is 0 Å². The van der Waals surface area contributed by atoms with Gasteiger partial charge in [0.15, 0.2) is 0 Å². The minimum absolute atomic E-state index is 0.0425. The molecule has 1 aromatic carbocycles. The molecule has 0 aliphatic heterocycles. The van der Waals surface area contributed by atoms with Crippen molar-refractivity contribution in [3.8, 4) is 5.75 Å². The number of aliphatic hydroxyl groups is 1. The molecule has 0 aliphatic rings. The van der Waals surface area contributed by atoms with Crippen molar-refractivity contribution in [3.63, 3.8) is 0 Å². The van der Waals surface area contributed by atoms with E-state index in [1.165, 1.54) is 0 Å². The van der Waals surface area contributed by atoms with Crippen LogP contribution in [0.2, 0.25) is 0 Å². The minimum atomic E-state index is 0.0425. The Morgan fingerprint density at radius 2 is 1.82 bits per heavy atom. The molecule has 0 aromatic heterocycles. The SMILES string of the molecule is OC/C=C\c1ccc(O)cc1. The highest BCUT2D eigenvalue weighted by atomic mass is 16.3. The van der Waals surface area contributed by atoms with Gasteiger partial charge in [0.2, 0.25) is 0 Å². The molecular weight excluding hydrogens is 140 g/mol. The number of benzene rings is 1. The maximum Gasteiger partial charge on any atom is 0.115 e. The number of hydrogen-bond acceptors (Lipinski definition) is 2. The summed E-state index contributed by atoms with van der Waals surface area (Å²) in [6, 6.07) is 6.77. The highest BCUT2D eigenvalue weighted by Gasteiger charge is 1.85. The average Bonchev–Trinajstić information content (AvgIpc) is 2.04. The fourth-order valence-electron chi connectivity index (χ4n) is 0.774. The topological polar surface area (TPSA) is 40.5 Å². The zero-order valence-corrected chi connectivity index (χ0v) is 6.07. The highest BCUT2D eigenvalue weighted by Crippen LogP contribution is 2.10. The molecule has 1 rings (SSSR count). The lowest BCUT2D eigenvalue weighted by Crippen LogP contribution is -1.73. The van der Waals surface area contributed by atoms with Crippen LogP contribution in [0.3, 0.4) is 0 Å². The van der Waals surface area contributed by atoms with E-state index in [1.54, 1.807) is 36.4 Å². The summed E-state index contributed by atoms with van der Waals surface area (Å²) in [5, 5.41) is 17.4. The van der Waals surface area contributed by atoms with Crippen molar-refractivity contribution in [2.45, 2.75) is 0 Å². The van der Waals surface area contributed by atoms with Gasteiger partial charge in [0.1, 0.15) is 5.75 Å². The van der Waals surface area contributed by atoms with Crippen molar-refractivity contribution in [1.82, 2.24) is 0 Å². The molecule has 0 radical (unpaired) electrons. The van der Waals surface area contributed by atoms with Crippen molar-refractivity contribution in [3.05, 3.63) is 35.9 Å². The third kappa shape index (κ3) is 2.43. The van der Waals surface area contributed by atoms with Crippen LogP contribution in [-0.4, -0.2) is 16.8 Å². The van der Waals surface area contributed by atoms with E-state index >= 15 is 0 Å². The molecule has 0 atom stereocenters. The predicted molar refractivity (Wildman–Crippen MR) is 44.2 cm³/mol. The minimum Gasteiger partial charge on any atom is -0.508 e. The first kappa shape index (κ1) is 7.82. The van der Waals surface area contributed by atoms with E-state index in [-0.39, 0.29) is 12.4 Å². The fourth-order valence-corrected chi connectivity index (χ4v) is 0.774. The van der Waals surface area contributed by atoms with E-state index in [0.29, 0.717) is 0 Å². The van der Waals surface area contributed by atoms with E-state index in [1.807, 2.05) is 0 Å². The number of phenols is 1. The zero-order valence-electron chi connectivity index (χ0n) is 6.07. The molecule has 0 bridgehead atoms. The van der Waals surface area contributed by atoms with Crippen LogP contribution in [0.25, 0.3) is 6.08 Å². The lowest BCUT2D eigenvalue weighted by Gasteiger charge is -1.92. The van der Waals surface area contributed by atoms with Crippen molar-refractivity contribution in [2.24, 2.45) is 0 Å². The van der Waals surface area contributed by atoms with Crippen LogP contribution in [0, 0.1) is 0 Å². The van der Waals surface area contributed by atoms with Gasteiger partial charge in [0, 0.05) is 0 Å². The smallest absolute Gasteiger partial charge is 0.115 e. The summed E-state index contributed by atoms with van der Waals surface area (Å²) < 4.78 is 0. The van der Waals surface area contributed by atoms with Gasteiger partial charge in [-0.25, -0.2) is 0 Å². The van der Waals surface area contributed by atoms with Crippen LogP contribution in [0.15, 0.2) is 30.3 Å². The fraction of sp³-hybridized carbons (Fsp3) is 0.111. The Hall–Kier alpha value is -1.28. The maximum atomic E-state index is 8.91. The average molecular weight is 150 g/mol. The molecule has 58 valence electrons. The lowest BCUT2D eigenvalue weighted by molar-refractivity contribution is 0.343. The van der Waals surface area contributed by atoms with Crippen LogP contribution in [0.4, 0.5) is 0 Å². The largest absolute Gasteiger partial charge is 0.508 e. The summed E-state index contributed by atoms with van der Waals surface area (Å²) in [6.07, 6.45) is 3.44. The Balaban J connectivity index is 2.73. The zero-order chi connectivity index (χ0) is 8.10. The molecule has 2 N–H and O–H groups in total. The molecule has 0 spiro atoms. The Morgan fingerprint density at radius 3 is 2.36 bits per heavy atom. The first-order valence-electron chi connectivity index (χ1n) is 3.39. The van der Waals surface area contributed by atoms with Crippen molar-refractivity contribution >= 4 is 6.08 Å². The second-order valence-corrected chi connectivity index (χ2v) is 2.18. The van der Waals surface area contributed by atoms with Gasteiger partial charge in [0.25, 0.3) is 0 Å². The molecule has 0 fully saturated rings. The first-order chi connectivity index (χ1) is 5.33. The summed E-state index contributed by atoms with van der Waals surface area (Å²) in [5.41, 5.74) is 0.969. The summed E-state index contributed by atoms with van der Waals surface area (Å²) in [7, 11) is 0. The molecule has 1 aromatic rings. The van der Waals surface area contributed by atoms with Gasteiger partial charge < -0.3 is 10.2 Å². The van der Waals surface area contributed by atoms with Gasteiger partial charge in [-0.3, -0.25) is 0 Å². The Bertz CT molecular complexity index is 236. The van der Waals surface area contributed by atoms with Crippen molar-refractivity contribution < 1.29 is 10.2 Å². The number of hydrogen-bond donors (Lipinski definition) is 2. The summed E-state index contributed by atoms with van der Waals surface area (Å²) in [4.78, 5) is 0. The normalized spacial score (nSPS) is 10.6. The quantitative estimate of drug-likeness (QED) is 0.669. The van der Waals surface area contributed by atoms with Crippen LogP contribution >= 0.6 is 0 Å². The molecule has 11 heavy (non-hydrogen) atoms. The first-order valence-corrected chi connectivity index (χ1v) is 3.39. The van der Waals surface area contributed by atoms with Gasteiger partial charge in [-0.2, -0.15) is 0 Å². The molecule has 2 heteroatoms. The molecule has 0 amide bonds. The third-order valence-electron chi connectivity index (χ3n) is 1.31. The summed E-state index contributed by atoms with van der Waals surface area (Å²) in [5.74, 6) is 0.256. The van der Waals surface area contributed by atoms with Gasteiger partial charge in [0.05, 0.1) is 6.61 Å². The molecule has 0 aliphatic carbocycles. The Morgan fingerprint density at radius 1 is 1.18 bits per heavy atom. The van der Waals surface area contributed by atoms with Gasteiger partial charge >= 0.3 is 0 Å². The molecule has 0 unspecified atom stereocenters. The van der Waals surface area contributed by atoms with Gasteiger partial charge in [-0.05, 0) is 17.7 Å². The van der Waals surface area contributed by atoms with Crippen LogP contribution in [0.1, 0.15) is 5.56 Å². The van der Waals surface area contributed by atoms with E-state index < -0.39 is 0 Å². The van der Waals surface area contributed by atoms with Crippen LogP contribution in [0.5, 0.6) is 5.75 Å². The third-order valence-corrected chi connectivity index (χ3v) is 1.31. The molecule has 0 saturated carbocycles. The van der Waals surface area contributed by atoms with Crippen molar-refractivity contribution in [1.29, 1.82) is 0 Å². The number of phenolic OH excluding ortho intramolecular Hbond substituents is 1. The monoisotopic (exact) mass is 150 g/mol. The standard InChI is InChI=1S/C9H10O2/c10-7-1-2-8-3-5-9(11)6-4-8/h1-6,10-11H,7H2/b2-1-. The maximum absolute atomic E-state index is 8.91. The number of rotatable bonds is 2. The van der Waals surface area contributed by atoms with Gasteiger partial charge in [-0.1, -0.05) is 24.3 Å². The second-order valence-electron chi connectivity index (χ2n) is 2.18. The molecule has 2 nitrogen and oxygen atoms in total. The van der Waals surface area contributed by atoms with E-state index in [4.69, 9.17) is 10.2 Å². The van der Waals surface area contributed by atoms with Gasteiger partial charge in [-0.15, -0.1) is 0 Å². The van der Waals surface area contributed by atoms with Crippen LogP contribution < -0.4 is 0 Å². The number of aliphatic hydroxyl groups excluding tert-OH is 1. The van der Waals surface area contributed by atoms with E-state index in [0.717, 1.165) is 5.56 Å². The molecular formula is C9H10O2. The second kappa shape index (κ2) is 3.78. The number of aromatic hydroxyl groups is 1. The summed E-state index contributed by atoms with van der Waals surface area (Å²) >= 11 is 0. The summed E-state index contributed by atoms with van der Waals surface area (Å²) in [6.45, 7) is 0.0425. The van der Waals surface area contributed by atoms with Crippen LogP contribution in [-0.2, 0) is 0 Å². The van der Waals surface area contributed by atoms with E-state index in [9.17, 15) is 0 Å². The lowest BCUT2D eigenvalue weighted by atomic mass is 10.2. The van der Waals surface area contributed by atoms with Crippen molar-refractivity contribution in [2.75, 3.05) is 6.61 Å². The highest BCUT2D eigenvalue weighted by molar-refractivity contribution is 5.50.